The number of carbonyl (C=O) groups is 3. The smallest absolute Gasteiger partial charge is 0.257 e. The summed E-state index contributed by atoms with van der Waals surface area (Å²) in [6.45, 7) is 3.25. The summed E-state index contributed by atoms with van der Waals surface area (Å²) in [5.74, 6) is -0.494. The van der Waals surface area contributed by atoms with Crippen molar-refractivity contribution < 1.29 is 14.4 Å². The minimum atomic E-state index is -0.423. The van der Waals surface area contributed by atoms with Gasteiger partial charge in [-0.05, 0) is 50.2 Å². The maximum atomic E-state index is 12.4. The second-order valence-electron chi connectivity index (χ2n) is 6.08. The predicted octanol–water partition coefficient (Wildman–Crippen LogP) is 4.11. The predicted molar refractivity (Wildman–Crippen MR) is 115 cm³/mol. The maximum absolute atomic E-state index is 12.4. The van der Waals surface area contributed by atoms with Crippen LogP contribution >= 0.6 is 23.1 Å². The number of amides is 2. The highest BCUT2D eigenvalue weighted by atomic mass is 32.2. The van der Waals surface area contributed by atoms with Crippen molar-refractivity contribution >= 4 is 51.5 Å². The first-order valence-electron chi connectivity index (χ1n) is 8.71. The van der Waals surface area contributed by atoms with Gasteiger partial charge in [-0.3, -0.25) is 19.7 Å². The van der Waals surface area contributed by atoms with Gasteiger partial charge in [0.05, 0.1) is 5.25 Å². The molecule has 2 amide bonds. The fourth-order valence-electron chi connectivity index (χ4n) is 2.30. The molecule has 0 aliphatic carbocycles. The van der Waals surface area contributed by atoms with Crippen molar-refractivity contribution in [1.82, 2.24) is 10.2 Å². The zero-order chi connectivity index (χ0) is 20.8. The van der Waals surface area contributed by atoms with E-state index in [4.69, 9.17) is 0 Å². The summed E-state index contributed by atoms with van der Waals surface area (Å²) in [7, 11) is 0. The van der Waals surface area contributed by atoms with Crippen LogP contribution in [0, 0.1) is 0 Å². The van der Waals surface area contributed by atoms with Crippen LogP contribution in [0.2, 0.25) is 0 Å². The maximum Gasteiger partial charge on any atom is 0.257 e. The third-order valence-electron chi connectivity index (χ3n) is 3.87. The number of nitrogens with zero attached hydrogens (tertiary/aromatic N) is 2. The van der Waals surface area contributed by atoms with Crippen LogP contribution in [0.25, 0.3) is 0 Å². The van der Waals surface area contributed by atoms with Crippen molar-refractivity contribution in [3.63, 3.8) is 0 Å². The van der Waals surface area contributed by atoms with Crippen LogP contribution in [0.15, 0.2) is 58.9 Å². The molecule has 2 aromatic carbocycles. The van der Waals surface area contributed by atoms with Crippen molar-refractivity contribution in [1.29, 1.82) is 0 Å². The molecule has 1 atom stereocenters. The summed E-state index contributed by atoms with van der Waals surface area (Å²) in [5, 5.41) is 13.4. The minimum Gasteiger partial charge on any atom is -0.325 e. The van der Waals surface area contributed by atoms with E-state index in [1.807, 2.05) is 6.07 Å². The van der Waals surface area contributed by atoms with Gasteiger partial charge in [0.1, 0.15) is 0 Å². The first-order valence-corrected chi connectivity index (χ1v) is 10.4. The molecule has 0 radical (unpaired) electrons. The molecule has 0 aliphatic rings. The van der Waals surface area contributed by atoms with Gasteiger partial charge in [-0.1, -0.05) is 41.3 Å². The number of ketones is 1. The van der Waals surface area contributed by atoms with Gasteiger partial charge >= 0.3 is 0 Å². The molecule has 148 valence electrons. The molecule has 1 heterocycles. The third-order valence-corrected chi connectivity index (χ3v) is 5.89. The summed E-state index contributed by atoms with van der Waals surface area (Å²) in [6.07, 6.45) is 0. The number of benzene rings is 2. The first kappa shape index (κ1) is 20.7. The van der Waals surface area contributed by atoms with E-state index in [2.05, 4.69) is 20.8 Å². The van der Waals surface area contributed by atoms with Crippen LogP contribution in [-0.2, 0) is 4.79 Å². The molecule has 2 N–H and O–H groups in total. The monoisotopic (exact) mass is 426 g/mol. The lowest BCUT2D eigenvalue weighted by molar-refractivity contribution is -0.115. The molecule has 0 aliphatic heterocycles. The average molecular weight is 427 g/mol. The van der Waals surface area contributed by atoms with Gasteiger partial charge in [-0.2, -0.15) is 0 Å². The molecule has 0 fully saturated rings. The van der Waals surface area contributed by atoms with E-state index in [0.29, 0.717) is 26.3 Å². The molecule has 29 heavy (non-hydrogen) atoms. The van der Waals surface area contributed by atoms with Crippen LogP contribution in [0.4, 0.5) is 10.8 Å². The highest BCUT2D eigenvalue weighted by Gasteiger charge is 2.18. The number of rotatable bonds is 7. The lowest BCUT2D eigenvalue weighted by Crippen LogP contribution is -2.22. The van der Waals surface area contributed by atoms with Crippen LogP contribution in [-0.4, -0.2) is 33.0 Å². The molecule has 3 aromatic rings. The second kappa shape index (κ2) is 9.44. The van der Waals surface area contributed by atoms with Crippen LogP contribution in [0.1, 0.15) is 34.6 Å². The number of carbonyl (C=O) groups excluding carboxylic acids is 3. The SMILES string of the molecule is CC(=O)c1ccc(NC(=O)[C@H](C)Sc2nnc(NC(=O)c3ccccc3)s2)cc1. The summed E-state index contributed by atoms with van der Waals surface area (Å²) in [5.41, 5.74) is 1.73. The number of anilines is 2. The fraction of sp³-hybridized carbons (Fsp3) is 0.150. The van der Waals surface area contributed by atoms with Gasteiger partial charge < -0.3 is 5.32 Å². The Morgan fingerprint density at radius 3 is 2.28 bits per heavy atom. The van der Waals surface area contributed by atoms with Crippen molar-refractivity contribution in [3.05, 3.63) is 65.7 Å². The number of Topliss-reactive ketones (excluding diaryl/α,β-unsaturated/α-hetero) is 1. The van der Waals surface area contributed by atoms with Crippen LogP contribution in [0.3, 0.4) is 0 Å². The second-order valence-corrected chi connectivity index (χ2v) is 8.64. The summed E-state index contributed by atoms with van der Waals surface area (Å²) in [6, 6.07) is 15.5. The van der Waals surface area contributed by atoms with E-state index < -0.39 is 5.25 Å². The Balaban J connectivity index is 1.55. The summed E-state index contributed by atoms with van der Waals surface area (Å²) >= 11 is 2.45. The lowest BCUT2D eigenvalue weighted by atomic mass is 10.1. The van der Waals surface area contributed by atoms with Crippen molar-refractivity contribution in [2.45, 2.75) is 23.4 Å². The van der Waals surface area contributed by atoms with Crippen LogP contribution < -0.4 is 10.6 Å². The molecule has 0 saturated carbocycles. The van der Waals surface area contributed by atoms with E-state index >= 15 is 0 Å². The van der Waals surface area contributed by atoms with Gasteiger partial charge in [-0.25, -0.2) is 0 Å². The molecule has 0 bridgehead atoms. The highest BCUT2D eigenvalue weighted by molar-refractivity contribution is 8.02. The van der Waals surface area contributed by atoms with Gasteiger partial charge in [0, 0.05) is 16.8 Å². The molecule has 0 spiro atoms. The molecule has 0 saturated heterocycles. The van der Waals surface area contributed by atoms with Crippen LogP contribution in [0.5, 0.6) is 0 Å². The molecule has 9 heteroatoms. The highest BCUT2D eigenvalue weighted by Crippen LogP contribution is 2.29. The molecule has 1 aromatic heterocycles. The molecule has 3 rings (SSSR count). The summed E-state index contributed by atoms with van der Waals surface area (Å²) in [4.78, 5) is 35.9. The first-order chi connectivity index (χ1) is 13.9. The number of aromatic nitrogens is 2. The fourth-order valence-corrected chi connectivity index (χ4v) is 4.19. The largest absolute Gasteiger partial charge is 0.325 e. The minimum absolute atomic E-state index is 0.0294. The van der Waals surface area contributed by atoms with Crippen molar-refractivity contribution in [3.8, 4) is 0 Å². The number of hydrogen-bond donors (Lipinski definition) is 2. The Kier molecular flexibility index (Phi) is 6.73. The zero-order valence-electron chi connectivity index (χ0n) is 15.7. The number of thioether (sulfide) groups is 1. The molecule has 0 unspecified atom stereocenters. The topological polar surface area (TPSA) is 101 Å². The number of nitrogens with one attached hydrogen (secondary N) is 2. The normalized spacial score (nSPS) is 11.5. The average Bonchev–Trinajstić information content (AvgIpc) is 3.15. The molecular weight excluding hydrogens is 408 g/mol. The Labute approximate surface area is 175 Å². The number of hydrogen-bond acceptors (Lipinski definition) is 7. The Morgan fingerprint density at radius 2 is 1.62 bits per heavy atom. The van der Waals surface area contributed by atoms with Crippen molar-refractivity contribution in [2.75, 3.05) is 10.6 Å². The van der Waals surface area contributed by atoms with E-state index in [-0.39, 0.29) is 17.6 Å². The van der Waals surface area contributed by atoms with Gasteiger partial charge in [-0.15, -0.1) is 10.2 Å². The van der Waals surface area contributed by atoms with Gasteiger partial charge in [0.25, 0.3) is 5.91 Å². The Hall–Kier alpha value is -3.04. The zero-order valence-corrected chi connectivity index (χ0v) is 17.3. The molecule has 7 nitrogen and oxygen atoms in total. The van der Waals surface area contributed by atoms with Gasteiger partial charge in [0.2, 0.25) is 11.0 Å². The standard InChI is InChI=1S/C20H18N4O3S2/c1-12(25)14-8-10-16(11-9-14)21-17(26)13(2)28-20-24-23-19(29-20)22-18(27)15-6-4-3-5-7-15/h3-11,13H,1-2H3,(H,21,26)(H,22,23,27)/t13-/m0/s1. The Bertz CT molecular complexity index is 1020. The van der Waals surface area contributed by atoms with E-state index in [1.54, 1.807) is 55.5 Å². The van der Waals surface area contributed by atoms with E-state index in [1.165, 1.54) is 30.0 Å². The Morgan fingerprint density at radius 1 is 0.931 bits per heavy atom. The van der Waals surface area contributed by atoms with Gasteiger partial charge in [0.15, 0.2) is 10.1 Å². The molecular formula is C20H18N4O3S2. The lowest BCUT2D eigenvalue weighted by Gasteiger charge is -2.10. The van der Waals surface area contributed by atoms with Crippen molar-refractivity contribution in [2.24, 2.45) is 0 Å². The summed E-state index contributed by atoms with van der Waals surface area (Å²) < 4.78 is 0.572. The van der Waals surface area contributed by atoms with E-state index in [9.17, 15) is 14.4 Å². The quantitative estimate of drug-likeness (QED) is 0.335. The third kappa shape index (κ3) is 5.72. The van der Waals surface area contributed by atoms with E-state index in [0.717, 1.165) is 0 Å².